The van der Waals surface area contributed by atoms with E-state index in [9.17, 15) is 4.79 Å². The van der Waals surface area contributed by atoms with Crippen molar-refractivity contribution >= 4 is 6.09 Å². The van der Waals surface area contributed by atoms with Gasteiger partial charge in [0.15, 0.2) is 0 Å². The van der Waals surface area contributed by atoms with E-state index >= 15 is 0 Å². The Morgan fingerprint density at radius 2 is 2.35 bits per heavy atom. The van der Waals surface area contributed by atoms with Crippen molar-refractivity contribution in [2.24, 2.45) is 5.92 Å². The van der Waals surface area contributed by atoms with Gasteiger partial charge < -0.3 is 19.9 Å². The highest BCUT2D eigenvalue weighted by Gasteiger charge is 2.29. The number of carbonyl (C=O) groups is 1. The van der Waals surface area contributed by atoms with Gasteiger partial charge in [-0.05, 0) is 46.5 Å². The van der Waals surface area contributed by atoms with E-state index in [-0.39, 0.29) is 6.09 Å². The summed E-state index contributed by atoms with van der Waals surface area (Å²) in [7, 11) is 0. The second kappa shape index (κ2) is 7.81. The zero-order chi connectivity index (χ0) is 16.9. The molecule has 0 aromatic carbocycles. The lowest BCUT2D eigenvalue weighted by molar-refractivity contribution is 0.0149. The van der Waals surface area contributed by atoms with Crippen LogP contribution in [0.25, 0.3) is 0 Å². The van der Waals surface area contributed by atoms with Gasteiger partial charge in [0.2, 0.25) is 0 Å². The molecular weight excluding hydrogens is 292 g/mol. The largest absolute Gasteiger partial charge is 0.444 e. The average molecular weight is 322 g/mol. The molecule has 2 heterocycles. The van der Waals surface area contributed by atoms with Gasteiger partial charge in [0.05, 0.1) is 0 Å². The van der Waals surface area contributed by atoms with Crippen molar-refractivity contribution < 1.29 is 9.53 Å². The van der Waals surface area contributed by atoms with Crippen molar-refractivity contribution in [2.75, 3.05) is 19.6 Å². The lowest BCUT2D eigenvalue weighted by Crippen LogP contribution is -2.48. The molecule has 1 aromatic heterocycles. The summed E-state index contributed by atoms with van der Waals surface area (Å²) in [5, 5.41) is 3.56. The Morgan fingerprint density at radius 1 is 1.57 bits per heavy atom. The summed E-state index contributed by atoms with van der Waals surface area (Å²) in [5.74, 6) is 1.47. The first-order valence-corrected chi connectivity index (χ1v) is 8.55. The van der Waals surface area contributed by atoms with Crippen molar-refractivity contribution in [1.82, 2.24) is 20.2 Å². The fraction of sp³-hybridized carbons (Fsp3) is 0.765. The first kappa shape index (κ1) is 17.8. The van der Waals surface area contributed by atoms with Gasteiger partial charge in [0.25, 0.3) is 0 Å². The van der Waals surface area contributed by atoms with Crippen LogP contribution in [-0.4, -0.2) is 52.2 Å². The molecule has 6 nitrogen and oxygen atoms in total. The molecule has 2 atom stereocenters. The van der Waals surface area contributed by atoms with Crippen LogP contribution in [0.2, 0.25) is 0 Å². The molecule has 1 aliphatic rings. The van der Waals surface area contributed by atoms with Gasteiger partial charge in [-0.25, -0.2) is 9.78 Å². The third-order valence-electron chi connectivity index (χ3n) is 4.20. The van der Waals surface area contributed by atoms with Crippen LogP contribution >= 0.6 is 0 Å². The van der Waals surface area contributed by atoms with E-state index in [0.29, 0.717) is 12.0 Å². The third kappa shape index (κ3) is 5.86. The number of hydrogen-bond donors (Lipinski definition) is 2. The molecule has 1 aromatic rings. The number of nitrogens with one attached hydrogen (secondary N) is 2. The molecule has 6 heteroatoms. The van der Waals surface area contributed by atoms with E-state index in [4.69, 9.17) is 4.74 Å². The van der Waals surface area contributed by atoms with Crippen molar-refractivity contribution in [3.05, 3.63) is 18.2 Å². The number of rotatable bonds is 5. The maximum atomic E-state index is 12.2. The minimum absolute atomic E-state index is 0.190. The Balaban J connectivity index is 1.76. The molecule has 2 unspecified atom stereocenters. The van der Waals surface area contributed by atoms with E-state index in [1.165, 1.54) is 0 Å². The number of aromatic nitrogens is 2. The van der Waals surface area contributed by atoms with Gasteiger partial charge in [-0.15, -0.1) is 0 Å². The molecule has 0 aliphatic carbocycles. The Kier molecular flexibility index (Phi) is 6.04. The van der Waals surface area contributed by atoms with Crippen LogP contribution < -0.4 is 5.32 Å². The van der Waals surface area contributed by atoms with Crippen LogP contribution in [0.3, 0.4) is 0 Å². The molecule has 1 fully saturated rings. The van der Waals surface area contributed by atoms with Gasteiger partial charge in [-0.1, -0.05) is 0 Å². The number of H-pyrrole nitrogens is 1. The predicted molar refractivity (Wildman–Crippen MR) is 90.3 cm³/mol. The number of carbonyl (C=O) groups excluding carboxylic acids is 1. The summed E-state index contributed by atoms with van der Waals surface area (Å²) in [6, 6.07) is 0.371. The minimum atomic E-state index is -0.434. The SMILES string of the molecule is CC(NCCc1ncc[nH]1)C1CCCN(C(=O)OC(C)(C)C)C1. The zero-order valence-corrected chi connectivity index (χ0v) is 14.8. The Labute approximate surface area is 139 Å². The number of hydrogen-bond acceptors (Lipinski definition) is 4. The molecule has 2 N–H and O–H groups in total. The number of ether oxygens (including phenoxy) is 1. The molecular formula is C17H30N4O2. The molecule has 23 heavy (non-hydrogen) atoms. The summed E-state index contributed by atoms with van der Waals surface area (Å²) in [5.41, 5.74) is -0.434. The van der Waals surface area contributed by atoms with Crippen LogP contribution in [0.4, 0.5) is 4.79 Å². The van der Waals surface area contributed by atoms with Crippen LogP contribution in [0, 0.1) is 5.92 Å². The normalized spacial score (nSPS) is 20.3. The number of likely N-dealkylation sites (tertiary alicyclic amines) is 1. The summed E-state index contributed by atoms with van der Waals surface area (Å²) in [6.07, 6.45) is 6.50. The quantitative estimate of drug-likeness (QED) is 0.874. The van der Waals surface area contributed by atoms with E-state index in [2.05, 4.69) is 22.2 Å². The van der Waals surface area contributed by atoms with Crippen LogP contribution in [-0.2, 0) is 11.2 Å². The standard InChI is InChI=1S/C17H30N4O2/c1-13(18-8-7-15-19-9-10-20-15)14-6-5-11-21(12-14)16(22)23-17(2,3)4/h9-10,13-14,18H,5-8,11-12H2,1-4H3,(H,19,20). The molecule has 1 saturated heterocycles. The Bertz CT molecular complexity index is 481. The minimum Gasteiger partial charge on any atom is -0.444 e. The summed E-state index contributed by atoms with van der Waals surface area (Å²) < 4.78 is 5.49. The van der Waals surface area contributed by atoms with E-state index < -0.39 is 5.60 Å². The van der Waals surface area contributed by atoms with Gasteiger partial charge >= 0.3 is 6.09 Å². The number of nitrogens with zero attached hydrogens (tertiary/aromatic N) is 2. The molecule has 1 amide bonds. The van der Waals surface area contributed by atoms with Gasteiger partial charge in [-0.2, -0.15) is 0 Å². The number of aromatic amines is 1. The molecule has 0 radical (unpaired) electrons. The van der Waals surface area contributed by atoms with E-state index in [0.717, 1.165) is 44.7 Å². The Hall–Kier alpha value is -1.56. The van der Waals surface area contributed by atoms with Crippen molar-refractivity contribution in [2.45, 2.75) is 58.6 Å². The molecule has 0 spiro atoms. The molecule has 1 aliphatic heterocycles. The number of imidazole rings is 1. The van der Waals surface area contributed by atoms with Crippen LogP contribution in [0.5, 0.6) is 0 Å². The molecule has 0 bridgehead atoms. The van der Waals surface area contributed by atoms with Crippen molar-refractivity contribution in [1.29, 1.82) is 0 Å². The second-order valence-corrected chi connectivity index (χ2v) is 7.36. The molecule has 0 saturated carbocycles. The fourth-order valence-corrected chi connectivity index (χ4v) is 2.93. The number of amides is 1. The Morgan fingerprint density at radius 3 is 3.00 bits per heavy atom. The van der Waals surface area contributed by atoms with Crippen LogP contribution in [0.15, 0.2) is 12.4 Å². The first-order valence-electron chi connectivity index (χ1n) is 8.55. The highest BCUT2D eigenvalue weighted by Crippen LogP contribution is 2.21. The summed E-state index contributed by atoms with van der Waals surface area (Å²) >= 11 is 0. The molecule has 130 valence electrons. The summed E-state index contributed by atoms with van der Waals surface area (Å²) in [6.45, 7) is 10.4. The zero-order valence-electron chi connectivity index (χ0n) is 14.8. The number of piperidine rings is 1. The molecule has 2 rings (SSSR count). The van der Waals surface area contributed by atoms with Crippen molar-refractivity contribution in [3.8, 4) is 0 Å². The second-order valence-electron chi connectivity index (χ2n) is 7.36. The van der Waals surface area contributed by atoms with Gasteiger partial charge in [-0.3, -0.25) is 0 Å². The average Bonchev–Trinajstić information content (AvgIpc) is 2.99. The topological polar surface area (TPSA) is 70.2 Å². The van der Waals surface area contributed by atoms with Gasteiger partial charge in [0, 0.05) is 44.5 Å². The van der Waals surface area contributed by atoms with E-state index in [1.54, 1.807) is 6.20 Å². The van der Waals surface area contributed by atoms with Crippen LogP contribution in [0.1, 0.15) is 46.4 Å². The summed E-state index contributed by atoms with van der Waals surface area (Å²) in [4.78, 5) is 21.4. The van der Waals surface area contributed by atoms with Gasteiger partial charge in [0.1, 0.15) is 11.4 Å². The highest BCUT2D eigenvalue weighted by atomic mass is 16.6. The smallest absolute Gasteiger partial charge is 0.410 e. The monoisotopic (exact) mass is 322 g/mol. The predicted octanol–water partition coefficient (Wildman–Crippen LogP) is 2.58. The lowest BCUT2D eigenvalue weighted by atomic mass is 9.91. The van der Waals surface area contributed by atoms with E-state index in [1.807, 2.05) is 31.9 Å². The maximum Gasteiger partial charge on any atom is 0.410 e. The first-order chi connectivity index (χ1) is 10.8. The third-order valence-corrected chi connectivity index (χ3v) is 4.20. The highest BCUT2D eigenvalue weighted by molar-refractivity contribution is 5.68. The van der Waals surface area contributed by atoms with Crippen molar-refractivity contribution in [3.63, 3.8) is 0 Å². The fourth-order valence-electron chi connectivity index (χ4n) is 2.93. The maximum absolute atomic E-state index is 12.2. The lowest BCUT2D eigenvalue weighted by Gasteiger charge is -2.36.